The molecule has 0 unspecified atom stereocenters. The first kappa shape index (κ1) is 13.0. The Balaban J connectivity index is 2.17. The second-order valence-electron chi connectivity index (χ2n) is 3.88. The fourth-order valence-electron chi connectivity index (χ4n) is 1.51. The van der Waals surface area contributed by atoms with Crippen molar-refractivity contribution in [1.29, 1.82) is 0 Å². The van der Waals surface area contributed by atoms with E-state index in [2.05, 4.69) is 0 Å². The van der Waals surface area contributed by atoms with Crippen LogP contribution in [0.15, 0.2) is 39.9 Å². The average Bonchev–Trinajstić information content (AvgIpc) is 2.83. The van der Waals surface area contributed by atoms with Gasteiger partial charge in [-0.05, 0) is 47.0 Å². The molecular weight excluding hydrogens is 273 g/mol. The number of benzene rings is 1. The molecule has 0 aliphatic carbocycles. The van der Waals surface area contributed by atoms with Gasteiger partial charge in [0.15, 0.2) is 9.84 Å². The molecular formula is C12H12FNO2S2. The summed E-state index contributed by atoms with van der Waals surface area (Å²) in [5.41, 5.74) is 6.24. The number of nitrogen functional groups attached to an aromatic ring is 1. The zero-order valence-corrected chi connectivity index (χ0v) is 11.1. The van der Waals surface area contributed by atoms with Crippen LogP contribution in [0.5, 0.6) is 0 Å². The zero-order valence-electron chi connectivity index (χ0n) is 9.47. The Labute approximate surface area is 109 Å². The predicted molar refractivity (Wildman–Crippen MR) is 70.9 cm³/mol. The van der Waals surface area contributed by atoms with Gasteiger partial charge in [-0.25, -0.2) is 12.8 Å². The van der Waals surface area contributed by atoms with Gasteiger partial charge in [0, 0.05) is 0 Å². The molecule has 0 amide bonds. The van der Waals surface area contributed by atoms with Gasteiger partial charge in [-0.1, -0.05) is 0 Å². The normalized spacial score (nSPS) is 11.6. The Morgan fingerprint density at radius 1 is 1.28 bits per heavy atom. The molecule has 0 aliphatic rings. The summed E-state index contributed by atoms with van der Waals surface area (Å²) >= 11 is 1.52. The van der Waals surface area contributed by atoms with Crippen molar-refractivity contribution >= 4 is 26.9 Å². The van der Waals surface area contributed by atoms with E-state index >= 15 is 0 Å². The SMILES string of the molecule is Nc1ccc(S(=O)(=O)CCc2ccsc2)cc1F. The highest BCUT2D eigenvalue weighted by atomic mass is 32.2. The highest BCUT2D eigenvalue weighted by molar-refractivity contribution is 7.91. The van der Waals surface area contributed by atoms with Gasteiger partial charge < -0.3 is 5.73 Å². The van der Waals surface area contributed by atoms with E-state index in [1.165, 1.54) is 23.5 Å². The third-order valence-corrected chi connectivity index (χ3v) is 5.02. The summed E-state index contributed by atoms with van der Waals surface area (Å²) < 4.78 is 37.2. The Bertz CT molecular complexity index is 636. The van der Waals surface area contributed by atoms with Crippen LogP contribution in [0.25, 0.3) is 0 Å². The summed E-state index contributed by atoms with van der Waals surface area (Å²) in [6, 6.07) is 5.45. The third-order valence-electron chi connectivity index (χ3n) is 2.57. The van der Waals surface area contributed by atoms with Crippen molar-refractivity contribution in [2.45, 2.75) is 11.3 Å². The van der Waals surface area contributed by atoms with Crippen LogP contribution in [0, 0.1) is 5.82 Å². The maximum Gasteiger partial charge on any atom is 0.178 e. The number of aryl methyl sites for hydroxylation is 1. The second-order valence-corrected chi connectivity index (χ2v) is 6.77. The van der Waals surface area contributed by atoms with Crippen LogP contribution in [-0.2, 0) is 16.3 Å². The smallest absolute Gasteiger partial charge is 0.178 e. The molecule has 2 N–H and O–H groups in total. The summed E-state index contributed by atoms with van der Waals surface area (Å²) in [6.07, 6.45) is 0.428. The van der Waals surface area contributed by atoms with E-state index in [1.54, 1.807) is 0 Å². The Kier molecular flexibility index (Phi) is 3.68. The van der Waals surface area contributed by atoms with Crippen molar-refractivity contribution in [1.82, 2.24) is 0 Å². The fraction of sp³-hybridized carbons (Fsp3) is 0.167. The molecule has 3 nitrogen and oxygen atoms in total. The minimum atomic E-state index is -3.47. The number of rotatable bonds is 4. The average molecular weight is 285 g/mol. The lowest BCUT2D eigenvalue weighted by atomic mass is 10.3. The lowest BCUT2D eigenvalue weighted by Gasteiger charge is -2.05. The number of thiophene rings is 1. The number of halogens is 1. The molecule has 0 spiro atoms. The topological polar surface area (TPSA) is 60.2 Å². The van der Waals surface area contributed by atoms with E-state index in [-0.39, 0.29) is 16.3 Å². The molecule has 18 heavy (non-hydrogen) atoms. The van der Waals surface area contributed by atoms with Crippen molar-refractivity contribution < 1.29 is 12.8 Å². The molecule has 1 heterocycles. The molecule has 1 aromatic carbocycles. The van der Waals surface area contributed by atoms with Gasteiger partial charge in [-0.15, -0.1) is 0 Å². The van der Waals surface area contributed by atoms with Gasteiger partial charge >= 0.3 is 0 Å². The lowest BCUT2D eigenvalue weighted by Crippen LogP contribution is -2.09. The first-order valence-electron chi connectivity index (χ1n) is 5.28. The van der Waals surface area contributed by atoms with Gasteiger partial charge in [-0.2, -0.15) is 11.3 Å². The van der Waals surface area contributed by atoms with Gasteiger partial charge in [0.05, 0.1) is 16.3 Å². The molecule has 0 radical (unpaired) electrons. The number of anilines is 1. The monoisotopic (exact) mass is 285 g/mol. The van der Waals surface area contributed by atoms with Gasteiger partial charge in [-0.3, -0.25) is 0 Å². The summed E-state index contributed by atoms with van der Waals surface area (Å²) in [5, 5.41) is 3.80. The van der Waals surface area contributed by atoms with Gasteiger partial charge in [0.1, 0.15) is 5.82 Å². The highest BCUT2D eigenvalue weighted by Crippen LogP contribution is 2.18. The molecule has 1 aromatic heterocycles. The minimum Gasteiger partial charge on any atom is -0.396 e. The third kappa shape index (κ3) is 2.88. The maximum atomic E-state index is 13.2. The second kappa shape index (κ2) is 5.07. The summed E-state index contributed by atoms with van der Waals surface area (Å²) in [5.74, 6) is -0.737. The minimum absolute atomic E-state index is 0.0237. The van der Waals surface area contributed by atoms with Crippen molar-refractivity contribution in [2.24, 2.45) is 0 Å². The van der Waals surface area contributed by atoms with E-state index in [9.17, 15) is 12.8 Å². The first-order valence-corrected chi connectivity index (χ1v) is 7.87. The van der Waals surface area contributed by atoms with Crippen molar-refractivity contribution in [2.75, 3.05) is 11.5 Å². The molecule has 0 saturated carbocycles. The molecule has 2 aromatic rings. The Hall–Kier alpha value is -1.40. The lowest BCUT2D eigenvalue weighted by molar-refractivity contribution is 0.591. The predicted octanol–water partition coefficient (Wildman–Crippen LogP) is 2.49. The zero-order chi connectivity index (χ0) is 13.2. The van der Waals surface area contributed by atoms with Crippen molar-refractivity contribution in [3.05, 3.63) is 46.4 Å². The Morgan fingerprint density at radius 2 is 2.06 bits per heavy atom. The van der Waals surface area contributed by atoms with E-state index in [4.69, 9.17) is 5.73 Å². The molecule has 0 atom stereocenters. The van der Waals surface area contributed by atoms with Crippen LogP contribution in [-0.4, -0.2) is 14.2 Å². The summed E-state index contributed by atoms with van der Waals surface area (Å²) in [7, 11) is -3.47. The van der Waals surface area contributed by atoms with Crippen molar-refractivity contribution in [3.8, 4) is 0 Å². The Morgan fingerprint density at radius 3 is 2.67 bits per heavy atom. The quantitative estimate of drug-likeness (QED) is 0.878. The molecule has 0 fully saturated rings. The number of sulfone groups is 1. The fourth-order valence-corrected chi connectivity index (χ4v) is 3.51. The molecule has 2 rings (SSSR count). The van der Waals surface area contributed by atoms with Crippen LogP contribution in [0.3, 0.4) is 0 Å². The molecule has 0 bridgehead atoms. The van der Waals surface area contributed by atoms with E-state index in [0.717, 1.165) is 11.6 Å². The van der Waals surface area contributed by atoms with E-state index in [1.807, 2.05) is 16.8 Å². The summed E-state index contributed by atoms with van der Waals surface area (Å²) in [4.78, 5) is -0.0237. The van der Waals surface area contributed by atoms with Crippen LogP contribution in [0.4, 0.5) is 10.1 Å². The maximum absolute atomic E-state index is 13.2. The van der Waals surface area contributed by atoms with Crippen LogP contribution in [0.2, 0.25) is 0 Å². The molecule has 96 valence electrons. The first-order chi connectivity index (χ1) is 8.49. The van der Waals surface area contributed by atoms with E-state index in [0.29, 0.717) is 6.42 Å². The standard InChI is InChI=1S/C12H12FNO2S2/c13-11-7-10(1-2-12(11)14)18(15,16)6-4-9-3-5-17-8-9/h1-3,5,7-8H,4,6,14H2. The number of nitrogens with two attached hydrogens (primary N) is 1. The van der Waals surface area contributed by atoms with Crippen molar-refractivity contribution in [3.63, 3.8) is 0 Å². The van der Waals surface area contributed by atoms with Gasteiger partial charge in [0.2, 0.25) is 0 Å². The van der Waals surface area contributed by atoms with E-state index < -0.39 is 15.7 Å². The van der Waals surface area contributed by atoms with Crippen LogP contribution < -0.4 is 5.73 Å². The highest BCUT2D eigenvalue weighted by Gasteiger charge is 2.16. The number of hydrogen-bond acceptors (Lipinski definition) is 4. The van der Waals surface area contributed by atoms with Crippen LogP contribution >= 0.6 is 11.3 Å². The molecule has 6 heteroatoms. The molecule has 0 saturated heterocycles. The largest absolute Gasteiger partial charge is 0.396 e. The number of hydrogen-bond donors (Lipinski definition) is 1. The molecule has 0 aliphatic heterocycles. The summed E-state index contributed by atoms with van der Waals surface area (Å²) in [6.45, 7) is 0. The van der Waals surface area contributed by atoms with Crippen LogP contribution in [0.1, 0.15) is 5.56 Å². The van der Waals surface area contributed by atoms with Gasteiger partial charge in [0.25, 0.3) is 0 Å².